The lowest BCUT2D eigenvalue weighted by atomic mass is 10.0. The molecule has 3 aromatic heterocycles. The first-order chi connectivity index (χ1) is 17.4. The van der Waals surface area contributed by atoms with Gasteiger partial charge in [0, 0.05) is 28.1 Å². The summed E-state index contributed by atoms with van der Waals surface area (Å²) in [4.78, 5) is 33.2. The molecule has 0 saturated heterocycles. The van der Waals surface area contributed by atoms with Gasteiger partial charge in [0.1, 0.15) is 11.9 Å². The fourth-order valence-corrected chi connectivity index (χ4v) is 4.42. The van der Waals surface area contributed by atoms with Gasteiger partial charge in [-0.1, -0.05) is 26.0 Å². The third kappa shape index (κ3) is 11.6. The molecule has 3 aromatic rings. The van der Waals surface area contributed by atoms with Gasteiger partial charge < -0.3 is 21.1 Å². The third-order valence-electron chi connectivity index (χ3n) is 4.69. The van der Waals surface area contributed by atoms with Crippen LogP contribution in [0.15, 0.2) is 41.1 Å². The molecule has 0 aliphatic rings. The lowest BCUT2D eigenvalue weighted by molar-refractivity contribution is -0.192. The number of rotatable bonds is 11. The maximum absolute atomic E-state index is 12.8. The zero-order chi connectivity index (χ0) is 27.4. The van der Waals surface area contributed by atoms with Gasteiger partial charge in [-0.25, -0.2) is 9.78 Å². The Bertz CT molecular complexity index is 1110. The van der Waals surface area contributed by atoms with E-state index < -0.39 is 12.1 Å². The Hall–Kier alpha value is -3.19. The summed E-state index contributed by atoms with van der Waals surface area (Å²) in [5, 5.41) is 20.9. The number of carboxylic acids is 1. The number of aromatic nitrogens is 2. The fourth-order valence-electron chi connectivity index (χ4n) is 3.07. The van der Waals surface area contributed by atoms with Crippen molar-refractivity contribution >= 4 is 46.3 Å². The molecule has 0 aliphatic carbocycles. The number of carbonyl (C=O) groups is 2. The molecule has 202 valence electrons. The number of amides is 1. The Morgan fingerprint density at radius 1 is 1.08 bits per heavy atom. The van der Waals surface area contributed by atoms with E-state index in [1.165, 1.54) is 4.88 Å². The van der Waals surface area contributed by atoms with Crippen LogP contribution >= 0.6 is 22.7 Å². The number of nitrogens with zero attached hydrogens (tertiary/aromatic N) is 2. The van der Waals surface area contributed by atoms with Gasteiger partial charge in [0.05, 0.1) is 6.54 Å². The van der Waals surface area contributed by atoms with Crippen molar-refractivity contribution in [3.8, 4) is 0 Å². The van der Waals surface area contributed by atoms with E-state index in [4.69, 9.17) is 9.90 Å². The molecule has 0 bridgehead atoms. The summed E-state index contributed by atoms with van der Waals surface area (Å²) in [5.74, 6) is -1.15. The van der Waals surface area contributed by atoms with Gasteiger partial charge in [0.2, 0.25) is 11.9 Å². The highest BCUT2D eigenvalue weighted by atomic mass is 32.1. The molecule has 0 fully saturated rings. The molecule has 3 heterocycles. The molecule has 0 unspecified atom stereocenters. The van der Waals surface area contributed by atoms with E-state index in [1.807, 2.05) is 30.5 Å². The Labute approximate surface area is 221 Å². The van der Waals surface area contributed by atoms with Gasteiger partial charge in [-0.15, -0.1) is 22.7 Å². The smallest absolute Gasteiger partial charge is 0.475 e. The number of alkyl halides is 3. The summed E-state index contributed by atoms with van der Waals surface area (Å²) in [6, 6.07) is 9.73. The minimum Gasteiger partial charge on any atom is -0.475 e. The number of carboxylic acid groups (broad SMARTS) is 1. The molecular weight excluding hydrogens is 527 g/mol. The molecule has 8 nitrogen and oxygen atoms in total. The van der Waals surface area contributed by atoms with E-state index in [0.29, 0.717) is 24.2 Å². The first-order valence-corrected chi connectivity index (χ1v) is 13.2. The van der Waals surface area contributed by atoms with Crippen LogP contribution in [0.25, 0.3) is 0 Å². The summed E-state index contributed by atoms with van der Waals surface area (Å²) < 4.78 is 31.7. The molecule has 3 rings (SSSR count). The second-order valence-electron chi connectivity index (χ2n) is 8.40. The lowest BCUT2D eigenvalue weighted by Gasteiger charge is -2.21. The van der Waals surface area contributed by atoms with Crippen molar-refractivity contribution < 1.29 is 27.9 Å². The molecular formula is C24H30F3N5O3S2. The quantitative estimate of drug-likeness (QED) is 0.252. The van der Waals surface area contributed by atoms with Gasteiger partial charge in [-0.05, 0) is 48.6 Å². The van der Waals surface area contributed by atoms with E-state index in [1.54, 1.807) is 22.7 Å². The molecule has 37 heavy (non-hydrogen) atoms. The van der Waals surface area contributed by atoms with Crippen molar-refractivity contribution in [1.29, 1.82) is 0 Å². The summed E-state index contributed by atoms with van der Waals surface area (Å²) in [6.45, 7) is 7.48. The number of hydrogen-bond donors (Lipinski definition) is 4. The Morgan fingerprint density at radius 2 is 1.70 bits per heavy atom. The minimum atomic E-state index is -5.08. The summed E-state index contributed by atoms with van der Waals surface area (Å²) in [7, 11) is 0. The van der Waals surface area contributed by atoms with Gasteiger partial charge in [0.25, 0.3) is 0 Å². The van der Waals surface area contributed by atoms with Crippen LogP contribution in [-0.4, -0.2) is 45.7 Å². The average molecular weight is 558 g/mol. The second kappa shape index (κ2) is 14.5. The number of anilines is 2. The molecule has 13 heteroatoms. The summed E-state index contributed by atoms with van der Waals surface area (Å²) >= 11 is 3.39. The lowest BCUT2D eigenvalue weighted by Crippen LogP contribution is -2.40. The van der Waals surface area contributed by atoms with Gasteiger partial charge in [0.15, 0.2) is 0 Å². The molecule has 0 aromatic carbocycles. The monoisotopic (exact) mass is 557 g/mol. The van der Waals surface area contributed by atoms with E-state index in [9.17, 15) is 18.0 Å². The van der Waals surface area contributed by atoms with E-state index in [-0.39, 0.29) is 11.9 Å². The average Bonchev–Trinajstić information content (AvgIpc) is 3.50. The van der Waals surface area contributed by atoms with Gasteiger partial charge in [-0.3, -0.25) is 4.79 Å². The van der Waals surface area contributed by atoms with Crippen molar-refractivity contribution in [3.63, 3.8) is 0 Å². The van der Waals surface area contributed by atoms with Crippen LogP contribution in [0.4, 0.5) is 24.9 Å². The minimum absolute atomic E-state index is 0.0134. The maximum Gasteiger partial charge on any atom is 0.490 e. The zero-order valence-electron chi connectivity index (χ0n) is 20.6. The first-order valence-electron chi connectivity index (χ1n) is 11.4. The number of aryl methyl sites for hydroxylation is 1. The Kier molecular flexibility index (Phi) is 11.8. The molecule has 1 atom stereocenters. The topological polar surface area (TPSA) is 116 Å². The van der Waals surface area contributed by atoms with E-state index in [2.05, 4.69) is 57.3 Å². The number of nitrogens with one attached hydrogen (secondary N) is 3. The molecule has 1 amide bonds. The van der Waals surface area contributed by atoms with Crippen molar-refractivity contribution in [1.82, 2.24) is 15.3 Å². The van der Waals surface area contributed by atoms with Crippen molar-refractivity contribution in [2.75, 3.05) is 17.2 Å². The number of thiophene rings is 2. The second-order valence-corrected chi connectivity index (χ2v) is 10.5. The maximum atomic E-state index is 12.8. The standard InChI is InChI=1S/C22H29N5OS2.C2HF3O2/c1-15(2)12-19(21(28)24-14-18-7-5-11-30-18)26-20-13-16(3)25-22(27-20)23-9-8-17-6-4-10-29-17;3-2(4,5)1(6)7/h4-7,10-11,13,15,19H,8-9,12,14H2,1-3H3,(H,24,28)(H2,23,25,26,27);(H,6,7)/t19-;/m0./s1. The highest BCUT2D eigenvalue weighted by Gasteiger charge is 2.38. The highest BCUT2D eigenvalue weighted by Crippen LogP contribution is 2.16. The van der Waals surface area contributed by atoms with Crippen LogP contribution < -0.4 is 16.0 Å². The normalized spacial score (nSPS) is 11.9. The fraction of sp³-hybridized carbons (Fsp3) is 0.417. The number of carbonyl (C=O) groups excluding carboxylic acids is 1. The van der Waals surface area contributed by atoms with Crippen LogP contribution in [0.3, 0.4) is 0 Å². The van der Waals surface area contributed by atoms with E-state index in [0.717, 1.165) is 30.0 Å². The Morgan fingerprint density at radius 3 is 2.24 bits per heavy atom. The van der Waals surface area contributed by atoms with Crippen molar-refractivity contribution in [2.24, 2.45) is 5.92 Å². The molecule has 0 aliphatic heterocycles. The van der Waals surface area contributed by atoms with Crippen LogP contribution in [0, 0.1) is 12.8 Å². The van der Waals surface area contributed by atoms with Gasteiger partial charge in [-0.2, -0.15) is 18.2 Å². The van der Waals surface area contributed by atoms with Gasteiger partial charge >= 0.3 is 12.1 Å². The predicted octanol–water partition coefficient (Wildman–Crippen LogP) is 5.34. The van der Waals surface area contributed by atoms with Crippen LogP contribution in [-0.2, 0) is 22.6 Å². The predicted molar refractivity (Wildman–Crippen MR) is 140 cm³/mol. The number of aliphatic carboxylic acids is 1. The highest BCUT2D eigenvalue weighted by molar-refractivity contribution is 7.10. The number of hydrogen-bond acceptors (Lipinski definition) is 8. The van der Waals surface area contributed by atoms with E-state index >= 15 is 0 Å². The molecule has 4 N–H and O–H groups in total. The van der Waals surface area contributed by atoms with Crippen LogP contribution in [0.2, 0.25) is 0 Å². The summed E-state index contributed by atoms with van der Waals surface area (Å²) in [6.07, 6.45) is -3.43. The SMILES string of the molecule is Cc1cc(N[C@@H](CC(C)C)C(=O)NCc2cccs2)nc(NCCc2cccs2)n1.O=C(O)C(F)(F)F. The third-order valence-corrected chi connectivity index (χ3v) is 6.51. The molecule has 0 spiro atoms. The largest absolute Gasteiger partial charge is 0.490 e. The first kappa shape index (κ1) is 30.0. The molecule has 0 saturated carbocycles. The van der Waals surface area contributed by atoms with Crippen LogP contribution in [0.5, 0.6) is 0 Å². The number of halogens is 3. The molecule has 0 radical (unpaired) electrons. The van der Waals surface area contributed by atoms with Crippen molar-refractivity contribution in [3.05, 3.63) is 56.5 Å². The van der Waals surface area contributed by atoms with Crippen molar-refractivity contribution in [2.45, 2.75) is 52.4 Å². The van der Waals surface area contributed by atoms with Crippen LogP contribution in [0.1, 0.15) is 35.7 Å². The zero-order valence-corrected chi connectivity index (χ0v) is 22.3. The Balaban J connectivity index is 0.000000604. The summed E-state index contributed by atoms with van der Waals surface area (Å²) in [5.41, 5.74) is 0.855.